The average molecular weight is 616 g/mol. The summed E-state index contributed by atoms with van der Waals surface area (Å²) < 4.78 is 11.8. The van der Waals surface area contributed by atoms with Gasteiger partial charge in [0.15, 0.2) is 28.4 Å². The quantitative estimate of drug-likeness (QED) is 0.221. The maximum absolute atomic E-state index is 11.7. The second-order valence-electron chi connectivity index (χ2n) is 10.6. The van der Waals surface area contributed by atoms with Crippen molar-refractivity contribution in [3.63, 3.8) is 0 Å². The molecule has 0 spiro atoms. The molecule has 0 unspecified atom stereocenters. The van der Waals surface area contributed by atoms with Crippen molar-refractivity contribution in [2.24, 2.45) is 7.05 Å². The maximum atomic E-state index is 11.7. The number of rotatable bonds is 4. The minimum absolute atomic E-state index is 0. The van der Waals surface area contributed by atoms with E-state index in [0.717, 1.165) is 9.84 Å². The number of aromatic amines is 1. The van der Waals surface area contributed by atoms with Crippen molar-refractivity contribution >= 4 is 62.1 Å². The van der Waals surface area contributed by atoms with Crippen LogP contribution in [0.15, 0.2) is 12.7 Å². The summed E-state index contributed by atoms with van der Waals surface area (Å²) in [6.07, 6.45) is 1.38. The molecule has 0 aliphatic carbocycles. The summed E-state index contributed by atoms with van der Waals surface area (Å²) in [6.45, 7) is 10.3. The first-order valence-electron chi connectivity index (χ1n) is 12.3. The van der Waals surface area contributed by atoms with Gasteiger partial charge in [-0.05, 0) is 41.5 Å². The number of hydrogen-bond acceptors (Lipinski definition) is 14. The fourth-order valence-corrected chi connectivity index (χ4v) is 3.16. The summed E-state index contributed by atoms with van der Waals surface area (Å²) in [5.74, 6) is -0.0218. The Labute approximate surface area is 263 Å². The van der Waals surface area contributed by atoms with E-state index in [0.29, 0.717) is 16.7 Å². The van der Waals surface area contributed by atoms with Gasteiger partial charge in [0.05, 0.1) is 12.7 Å². The summed E-state index contributed by atoms with van der Waals surface area (Å²) in [5, 5.41) is 17.9. The van der Waals surface area contributed by atoms with Crippen molar-refractivity contribution in [1.82, 2.24) is 50.3 Å². The SMILES string of the molecule is C.C.[B]N(NC(=O)OC(C)(C)C)c1nc(C#N)nc2c1ncn2C.[B]N(NC(=O)OC(C)(C)C)c1nc(C#N)nc2nc[nH]c12. The van der Waals surface area contributed by atoms with Crippen LogP contribution < -0.4 is 20.7 Å². The Hall–Kier alpha value is -5.65. The van der Waals surface area contributed by atoms with Gasteiger partial charge < -0.3 is 28.9 Å². The van der Waals surface area contributed by atoms with E-state index in [9.17, 15) is 9.59 Å². The molecule has 0 saturated heterocycles. The number of aryl methyl sites for hydroxylation is 1. The second-order valence-corrected chi connectivity index (χ2v) is 10.6. The lowest BCUT2D eigenvalue weighted by molar-refractivity contribution is 0.0519. The number of ether oxygens (including phenoxy) is 2. The lowest BCUT2D eigenvalue weighted by Gasteiger charge is -2.24. The van der Waals surface area contributed by atoms with Gasteiger partial charge in [0.25, 0.3) is 16.0 Å². The van der Waals surface area contributed by atoms with Crippen LogP contribution in [0.3, 0.4) is 0 Å². The second kappa shape index (κ2) is 14.7. The number of hydrazine groups is 2. The molecule has 0 aliphatic rings. The van der Waals surface area contributed by atoms with Crippen LogP contribution in [0.4, 0.5) is 21.2 Å². The average Bonchev–Trinajstić information content (AvgIpc) is 3.52. The molecule has 0 bridgehead atoms. The Morgan fingerprint density at radius 3 is 1.87 bits per heavy atom. The first kappa shape index (κ1) is 37.4. The highest BCUT2D eigenvalue weighted by molar-refractivity contribution is 6.20. The third-order valence-electron chi connectivity index (χ3n) is 4.69. The van der Waals surface area contributed by atoms with Gasteiger partial charge in [0, 0.05) is 7.05 Å². The molecule has 2 amide bonds. The molecule has 0 saturated carbocycles. The van der Waals surface area contributed by atoms with E-state index in [2.05, 4.69) is 45.7 Å². The van der Waals surface area contributed by atoms with Crippen molar-refractivity contribution in [3.05, 3.63) is 24.3 Å². The van der Waals surface area contributed by atoms with E-state index >= 15 is 0 Å². The number of aromatic nitrogens is 8. The van der Waals surface area contributed by atoms with Gasteiger partial charge in [-0.15, -0.1) is 0 Å². The van der Waals surface area contributed by atoms with Crippen molar-refractivity contribution in [1.29, 1.82) is 10.5 Å². The Bertz CT molecular complexity index is 1730. The maximum Gasteiger partial charge on any atom is 0.425 e. The predicted molar refractivity (Wildman–Crippen MR) is 166 cm³/mol. The van der Waals surface area contributed by atoms with Crippen molar-refractivity contribution in [2.75, 3.05) is 9.84 Å². The highest BCUT2D eigenvalue weighted by Gasteiger charge is 2.21. The van der Waals surface area contributed by atoms with E-state index in [1.54, 1.807) is 59.2 Å². The standard InChI is InChI=1S/C12H14BN7O2.C11H12BN7O2.2CH4/c1-12(2,3)22-11(21)18-20(13)10-8-9(19(4)6-15-8)16-7(5-14)17-10;1-11(2,3)21-10(20)18-19(12)9-7-8(15-5-14-7)16-6(4-13)17-9;;/h6H,1-4H3,(H,18,21);5H,1-3H3,(H,18,20)(H,14,15,16,17);2*1H4. The summed E-state index contributed by atoms with van der Waals surface area (Å²) in [4.78, 5) is 51.8. The van der Waals surface area contributed by atoms with Crippen LogP contribution >= 0.6 is 0 Å². The van der Waals surface area contributed by atoms with Crippen LogP contribution in [-0.2, 0) is 16.5 Å². The molecule has 0 fully saturated rings. The lowest BCUT2D eigenvalue weighted by Crippen LogP contribution is -2.44. The summed E-state index contributed by atoms with van der Waals surface area (Å²) in [6, 6.07) is 3.63. The highest BCUT2D eigenvalue weighted by Crippen LogP contribution is 2.21. The third kappa shape index (κ3) is 9.95. The number of nitriles is 2. The number of carbonyl (C=O) groups excluding carboxylic acids is 2. The molecular formula is C25H34B2N14O4. The number of nitrogens with one attached hydrogen (secondary N) is 3. The number of fused-ring (bicyclic) bond motifs is 2. The molecule has 45 heavy (non-hydrogen) atoms. The van der Waals surface area contributed by atoms with Crippen LogP contribution in [0.25, 0.3) is 22.3 Å². The van der Waals surface area contributed by atoms with E-state index in [1.807, 2.05) is 6.07 Å². The smallest absolute Gasteiger partial charge is 0.425 e. The number of anilines is 2. The zero-order chi connectivity index (χ0) is 32.1. The number of amides is 2. The van der Waals surface area contributed by atoms with E-state index in [1.165, 1.54) is 12.7 Å². The van der Waals surface area contributed by atoms with Gasteiger partial charge in [-0.1, -0.05) is 14.9 Å². The molecule has 4 radical (unpaired) electrons. The Morgan fingerprint density at radius 2 is 1.36 bits per heavy atom. The minimum Gasteiger partial charge on any atom is -0.443 e. The number of H-pyrrole nitrogens is 1. The van der Waals surface area contributed by atoms with Gasteiger partial charge >= 0.3 is 12.2 Å². The summed E-state index contributed by atoms with van der Waals surface area (Å²) in [7, 11) is 13.2. The predicted octanol–water partition coefficient (Wildman–Crippen LogP) is 2.39. The fraction of sp³-hybridized carbons (Fsp3) is 0.440. The highest BCUT2D eigenvalue weighted by atomic mass is 16.6. The topological polar surface area (TPSA) is 229 Å². The van der Waals surface area contributed by atoms with Crippen LogP contribution in [0.2, 0.25) is 0 Å². The molecule has 20 heteroatoms. The zero-order valence-corrected chi connectivity index (χ0v) is 24.4. The minimum atomic E-state index is -0.755. The molecule has 4 aromatic rings. The molecule has 4 rings (SSSR count). The van der Waals surface area contributed by atoms with Crippen LogP contribution in [0.5, 0.6) is 0 Å². The monoisotopic (exact) mass is 616 g/mol. The number of nitrogens with zero attached hydrogens (tertiary/aromatic N) is 11. The van der Waals surface area contributed by atoms with Gasteiger partial charge in [-0.2, -0.15) is 30.5 Å². The Balaban J connectivity index is 0.000000431. The van der Waals surface area contributed by atoms with E-state index < -0.39 is 23.4 Å². The Kier molecular flexibility index (Phi) is 12.2. The Morgan fingerprint density at radius 1 is 0.867 bits per heavy atom. The number of imidazole rings is 2. The van der Waals surface area contributed by atoms with Crippen molar-refractivity contribution < 1.29 is 19.1 Å². The summed E-state index contributed by atoms with van der Waals surface area (Å²) >= 11 is 0. The number of hydrogen-bond donors (Lipinski definition) is 3. The first-order valence-corrected chi connectivity index (χ1v) is 12.3. The first-order chi connectivity index (χ1) is 20.0. The molecule has 4 heterocycles. The van der Waals surface area contributed by atoms with Crippen LogP contribution in [0.1, 0.15) is 68.0 Å². The van der Waals surface area contributed by atoms with Gasteiger partial charge in [-0.25, -0.2) is 30.4 Å². The molecule has 0 atom stereocenters. The van der Waals surface area contributed by atoms with Gasteiger partial charge in [0.1, 0.15) is 28.9 Å². The molecular weight excluding hydrogens is 582 g/mol. The fourth-order valence-electron chi connectivity index (χ4n) is 3.16. The van der Waals surface area contributed by atoms with Crippen molar-refractivity contribution in [2.45, 2.75) is 67.6 Å². The lowest BCUT2D eigenvalue weighted by atomic mass is 10.2. The largest absolute Gasteiger partial charge is 0.443 e. The zero-order valence-electron chi connectivity index (χ0n) is 24.4. The molecule has 234 valence electrons. The molecule has 4 aromatic heterocycles. The molecule has 18 nitrogen and oxygen atoms in total. The summed E-state index contributed by atoms with van der Waals surface area (Å²) in [5.41, 5.74) is 4.66. The molecule has 0 aliphatic heterocycles. The van der Waals surface area contributed by atoms with Gasteiger partial charge in [-0.3, -0.25) is 0 Å². The van der Waals surface area contributed by atoms with Gasteiger partial charge in [0.2, 0.25) is 11.6 Å². The third-order valence-corrected chi connectivity index (χ3v) is 4.69. The van der Waals surface area contributed by atoms with E-state index in [4.69, 9.17) is 36.0 Å². The van der Waals surface area contributed by atoms with Crippen molar-refractivity contribution in [3.8, 4) is 12.1 Å². The molecule has 3 N–H and O–H groups in total. The van der Waals surface area contributed by atoms with E-state index in [-0.39, 0.29) is 43.8 Å². The molecule has 0 aromatic carbocycles. The van der Waals surface area contributed by atoms with Crippen LogP contribution in [0, 0.1) is 22.7 Å². The normalized spacial score (nSPS) is 10.5. The number of carbonyl (C=O) groups is 2. The van der Waals surface area contributed by atoms with Crippen LogP contribution in [-0.4, -0.2) is 78.8 Å².